The van der Waals surface area contributed by atoms with Crippen LogP contribution in [0.5, 0.6) is 0 Å². The molecule has 0 aromatic heterocycles. The average Bonchev–Trinajstić information content (AvgIpc) is 2.16. The van der Waals surface area contributed by atoms with Crippen LogP contribution in [0.15, 0.2) is 42.1 Å². The first-order chi connectivity index (χ1) is 7.42. The maximum Gasteiger partial charge on any atom is 0.155 e. The zero-order valence-electron chi connectivity index (χ0n) is 10.2. The smallest absolute Gasteiger partial charge is 0.155 e. The molecule has 0 aliphatic rings. The Morgan fingerprint density at radius 3 is 2.38 bits per heavy atom. The van der Waals surface area contributed by atoms with Crippen molar-refractivity contribution in [3.63, 3.8) is 0 Å². The Labute approximate surface area is 98.2 Å². The third-order valence-electron chi connectivity index (χ3n) is 2.56. The summed E-state index contributed by atoms with van der Waals surface area (Å²) in [5.74, 6) is 0.139. The highest BCUT2D eigenvalue weighted by molar-refractivity contribution is 6.92. The molecule has 0 saturated carbocycles. The number of carbonyl (C=O) groups is 1. The van der Waals surface area contributed by atoms with Crippen LogP contribution in [0.2, 0.25) is 19.1 Å². The van der Waals surface area contributed by atoms with Crippen molar-refractivity contribution in [3.8, 4) is 0 Å². The second-order valence-corrected chi connectivity index (χ2v) is 9.48. The van der Waals surface area contributed by atoms with E-state index in [2.05, 4.69) is 25.2 Å². The highest BCUT2D eigenvalue weighted by atomic mass is 28.3. The molecule has 0 aliphatic heterocycles. The minimum Gasteiger partial charge on any atom is -0.402 e. The molecule has 0 atom stereocenters. The van der Waals surface area contributed by atoms with Gasteiger partial charge in [0.2, 0.25) is 0 Å². The van der Waals surface area contributed by atoms with E-state index in [4.69, 9.17) is 5.73 Å². The third-order valence-corrected chi connectivity index (χ3v) is 5.69. The third kappa shape index (κ3) is 3.66. The summed E-state index contributed by atoms with van der Waals surface area (Å²) >= 11 is 0. The van der Waals surface area contributed by atoms with E-state index in [1.54, 1.807) is 6.92 Å². The molecule has 2 N–H and O–H groups in total. The molecule has 0 spiro atoms. The van der Waals surface area contributed by atoms with Gasteiger partial charge >= 0.3 is 0 Å². The van der Waals surface area contributed by atoms with Gasteiger partial charge in [-0.05, 0) is 13.0 Å². The minimum absolute atomic E-state index is 0.139. The van der Waals surface area contributed by atoms with Gasteiger partial charge in [0.25, 0.3) is 0 Å². The number of benzene rings is 1. The Kier molecular flexibility index (Phi) is 4.07. The van der Waals surface area contributed by atoms with E-state index in [9.17, 15) is 4.79 Å². The molecular weight excluding hydrogens is 214 g/mol. The van der Waals surface area contributed by atoms with Gasteiger partial charge in [-0.2, -0.15) is 0 Å². The first-order valence-corrected chi connectivity index (χ1v) is 8.65. The number of hydrogen-bond donors (Lipinski definition) is 1. The van der Waals surface area contributed by atoms with Crippen LogP contribution >= 0.6 is 0 Å². The number of allylic oxidation sites excluding steroid dienone is 2. The zero-order chi connectivity index (χ0) is 12.2. The highest BCUT2D eigenvalue weighted by Gasteiger charge is 2.25. The van der Waals surface area contributed by atoms with Gasteiger partial charge in [0.1, 0.15) is 0 Å². The Hall–Kier alpha value is -1.35. The van der Waals surface area contributed by atoms with E-state index >= 15 is 0 Å². The number of ketones is 1. The van der Waals surface area contributed by atoms with Crippen molar-refractivity contribution in [2.45, 2.75) is 26.1 Å². The van der Waals surface area contributed by atoms with Gasteiger partial charge in [0.15, 0.2) is 5.78 Å². The quantitative estimate of drug-likeness (QED) is 0.639. The average molecular weight is 233 g/mol. The molecule has 0 radical (unpaired) electrons. The lowest BCUT2D eigenvalue weighted by Gasteiger charge is -2.21. The maximum atomic E-state index is 11.7. The minimum atomic E-state index is -1.66. The monoisotopic (exact) mass is 233 g/mol. The molecule has 0 bridgehead atoms. The van der Waals surface area contributed by atoms with Crippen LogP contribution in [0.25, 0.3) is 0 Å². The Bertz CT molecular complexity index is 392. The summed E-state index contributed by atoms with van der Waals surface area (Å²) in [6.45, 7) is 6.16. The standard InChI is InChI=1S/C13H19NOSi/c1-11(14)9-12(15)10-16(2,3)13-7-5-4-6-8-13/h4-9H,10,14H2,1-3H3/b11-9-. The summed E-state index contributed by atoms with van der Waals surface area (Å²) in [7, 11) is -1.66. The molecule has 1 rings (SSSR count). The molecule has 1 aromatic rings. The lowest BCUT2D eigenvalue weighted by Crippen LogP contribution is -2.42. The summed E-state index contributed by atoms with van der Waals surface area (Å²) in [6.07, 6.45) is 1.54. The SMILES string of the molecule is C/C(N)=C/C(=O)C[Si](C)(C)c1ccccc1. The van der Waals surface area contributed by atoms with E-state index in [0.717, 1.165) is 0 Å². The van der Waals surface area contributed by atoms with E-state index < -0.39 is 8.07 Å². The summed E-state index contributed by atoms with van der Waals surface area (Å²) in [4.78, 5) is 11.7. The van der Waals surface area contributed by atoms with Crippen molar-refractivity contribution >= 4 is 19.0 Å². The van der Waals surface area contributed by atoms with Crippen molar-refractivity contribution in [1.82, 2.24) is 0 Å². The van der Waals surface area contributed by atoms with Crippen LogP contribution in [0, 0.1) is 0 Å². The molecule has 0 fully saturated rings. The normalized spacial score (nSPS) is 12.6. The van der Waals surface area contributed by atoms with Gasteiger partial charge in [0.05, 0.1) is 8.07 Å². The number of carbonyl (C=O) groups excluding carboxylic acids is 1. The first-order valence-electron chi connectivity index (χ1n) is 5.44. The van der Waals surface area contributed by atoms with Crippen LogP contribution in [-0.4, -0.2) is 13.9 Å². The van der Waals surface area contributed by atoms with Crippen molar-refractivity contribution < 1.29 is 4.79 Å². The second kappa shape index (κ2) is 5.12. The fourth-order valence-electron chi connectivity index (χ4n) is 1.73. The topological polar surface area (TPSA) is 43.1 Å². The maximum absolute atomic E-state index is 11.7. The van der Waals surface area contributed by atoms with Crippen LogP contribution in [0.3, 0.4) is 0 Å². The summed E-state index contributed by atoms with van der Waals surface area (Å²) in [5, 5.41) is 1.31. The lowest BCUT2D eigenvalue weighted by atomic mass is 10.3. The summed E-state index contributed by atoms with van der Waals surface area (Å²) in [6, 6.07) is 10.9. The second-order valence-electron chi connectivity index (χ2n) is 4.78. The molecule has 1 aromatic carbocycles. The predicted octanol–water partition coefficient (Wildman–Crippen LogP) is 2.03. The molecule has 2 nitrogen and oxygen atoms in total. The van der Waals surface area contributed by atoms with Gasteiger partial charge in [-0.3, -0.25) is 4.79 Å². The molecule has 3 heteroatoms. The lowest BCUT2D eigenvalue weighted by molar-refractivity contribution is -0.112. The Morgan fingerprint density at radius 1 is 1.31 bits per heavy atom. The predicted molar refractivity (Wildman–Crippen MR) is 71.3 cm³/mol. The van der Waals surface area contributed by atoms with E-state index in [-0.39, 0.29) is 5.78 Å². The van der Waals surface area contributed by atoms with Crippen LogP contribution < -0.4 is 10.9 Å². The van der Waals surface area contributed by atoms with Gasteiger partial charge < -0.3 is 5.73 Å². The van der Waals surface area contributed by atoms with Crippen molar-refractivity contribution in [2.75, 3.05) is 0 Å². The number of nitrogens with two attached hydrogens (primary N) is 1. The first kappa shape index (κ1) is 12.7. The van der Waals surface area contributed by atoms with E-state index in [0.29, 0.717) is 11.7 Å². The van der Waals surface area contributed by atoms with Gasteiger partial charge in [-0.1, -0.05) is 48.6 Å². The summed E-state index contributed by atoms with van der Waals surface area (Å²) in [5.41, 5.74) is 6.09. The Morgan fingerprint density at radius 2 is 1.88 bits per heavy atom. The van der Waals surface area contributed by atoms with Gasteiger partial charge in [0, 0.05) is 11.7 Å². The fourth-order valence-corrected chi connectivity index (χ4v) is 4.00. The van der Waals surface area contributed by atoms with Crippen molar-refractivity contribution in [2.24, 2.45) is 5.73 Å². The largest absolute Gasteiger partial charge is 0.402 e. The Balaban J connectivity index is 2.80. The molecule has 0 saturated heterocycles. The van der Waals surface area contributed by atoms with Crippen LogP contribution in [0.4, 0.5) is 0 Å². The van der Waals surface area contributed by atoms with Crippen molar-refractivity contribution in [3.05, 3.63) is 42.1 Å². The van der Waals surface area contributed by atoms with E-state index in [1.807, 2.05) is 18.2 Å². The van der Waals surface area contributed by atoms with Gasteiger partial charge in [-0.25, -0.2) is 0 Å². The number of hydrogen-bond acceptors (Lipinski definition) is 2. The zero-order valence-corrected chi connectivity index (χ0v) is 11.2. The molecule has 16 heavy (non-hydrogen) atoms. The fraction of sp³-hybridized carbons (Fsp3) is 0.308. The van der Waals surface area contributed by atoms with Gasteiger partial charge in [-0.15, -0.1) is 0 Å². The van der Waals surface area contributed by atoms with Crippen LogP contribution in [0.1, 0.15) is 6.92 Å². The molecule has 0 heterocycles. The molecule has 0 amide bonds. The number of rotatable bonds is 4. The molecule has 0 unspecified atom stereocenters. The van der Waals surface area contributed by atoms with Crippen molar-refractivity contribution in [1.29, 1.82) is 0 Å². The molecule has 86 valence electrons. The summed E-state index contributed by atoms with van der Waals surface area (Å²) < 4.78 is 0. The van der Waals surface area contributed by atoms with E-state index in [1.165, 1.54) is 11.3 Å². The van der Waals surface area contributed by atoms with Crippen LogP contribution in [-0.2, 0) is 4.79 Å². The molecule has 0 aliphatic carbocycles. The highest BCUT2D eigenvalue weighted by Crippen LogP contribution is 2.11. The molecular formula is C13H19NOSi.